The molecule has 44 heavy (non-hydrogen) atoms. The molecule has 13 nitrogen and oxygen atoms in total. The van der Waals surface area contributed by atoms with E-state index in [2.05, 4.69) is 31.0 Å². The van der Waals surface area contributed by atoms with Crippen LogP contribution in [0.25, 0.3) is 23.0 Å². The molecule has 1 atom stereocenters. The van der Waals surface area contributed by atoms with Crippen LogP contribution in [0, 0.1) is 0 Å². The van der Waals surface area contributed by atoms with Crippen molar-refractivity contribution >= 4 is 52.9 Å². The van der Waals surface area contributed by atoms with Gasteiger partial charge in [0.2, 0.25) is 11.8 Å². The fourth-order valence-corrected chi connectivity index (χ4v) is 5.18. The molecule has 2 aromatic carbocycles. The summed E-state index contributed by atoms with van der Waals surface area (Å²) in [7, 11) is 1.44. The minimum atomic E-state index is -1.09. The number of halogens is 2. The first kappa shape index (κ1) is 30.6. The number of aromatic nitrogens is 6. The van der Waals surface area contributed by atoms with Gasteiger partial charge >= 0.3 is 6.09 Å². The topological polar surface area (TPSA) is 159 Å². The molecule has 3 heterocycles. The van der Waals surface area contributed by atoms with Crippen LogP contribution in [-0.4, -0.2) is 78.5 Å². The molecule has 1 aliphatic heterocycles. The molecule has 0 bridgehead atoms. The van der Waals surface area contributed by atoms with Gasteiger partial charge in [-0.05, 0) is 65.7 Å². The van der Waals surface area contributed by atoms with Gasteiger partial charge in [-0.3, -0.25) is 14.5 Å². The summed E-state index contributed by atoms with van der Waals surface area (Å²) in [5.74, 6) is -0.606. The third-order valence-electron chi connectivity index (χ3n) is 7.14. The smallest absolute Gasteiger partial charge is 0.411 e. The summed E-state index contributed by atoms with van der Waals surface area (Å²) in [6, 6.07) is 12.6. The molecule has 3 amide bonds. The molecule has 0 aliphatic carbocycles. The lowest BCUT2D eigenvalue weighted by Gasteiger charge is -2.23. The normalized spacial score (nSPS) is 13.7. The van der Waals surface area contributed by atoms with Crippen molar-refractivity contribution in [2.45, 2.75) is 25.3 Å². The van der Waals surface area contributed by atoms with Crippen LogP contribution >= 0.6 is 23.2 Å². The monoisotopic (exact) mass is 635 g/mol. The number of nitrogens with one attached hydrogen (secondary N) is 1. The van der Waals surface area contributed by atoms with E-state index >= 15 is 0 Å². The molecule has 4 aromatic rings. The first-order chi connectivity index (χ1) is 21.2. The first-order valence-corrected chi connectivity index (χ1v) is 14.3. The van der Waals surface area contributed by atoms with E-state index in [9.17, 15) is 19.5 Å². The maximum atomic E-state index is 13.3. The predicted octanol–water partition coefficient (Wildman–Crippen LogP) is 4.42. The standard InChI is InChI=1S/C29H27Cl2N9O4/c1-38(29(43)44)21-8-4-18(5-9-21)23-15-22(28(31)35-34-23)24(16-27(42)39-12-2-3-13-39)33-26(41)11-6-19-14-20(30)7-10-25(19)40-17-32-36-37-40/h4-11,14-15,17,24H,2-3,12-13,16H2,1H3,(H,33,41)(H,43,44)/t24-/m0/s1. The van der Waals surface area contributed by atoms with Crippen LogP contribution in [-0.2, 0) is 9.59 Å². The van der Waals surface area contributed by atoms with Gasteiger partial charge in [-0.25, -0.2) is 4.79 Å². The first-order valence-electron chi connectivity index (χ1n) is 13.6. The maximum Gasteiger partial charge on any atom is 0.411 e. The Hall–Kier alpha value is -4.88. The average Bonchev–Trinajstić information content (AvgIpc) is 3.75. The van der Waals surface area contributed by atoms with Crippen LogP contribution < -0.4 is 10.2 Å². The van der Waals surface area contributed by atoms with Gasteiger partial charge in [-0.2, -0.15) is 4.68 Å². The number of amides is 3. The molecule has 0 spiro atoms. The molecular formula is C29H27Cl2N9O4. The van der Waals surface area contributed by atoms with Crippen LogP contribution in [0.4, 0.5) is 10.5 Å². The second-order valence-corrected chi connectivity index (χ2v) is 10.8. The average molecular weight is 636 g/mol. The van der Waals surface area contributed by atoms with E-state index in [1.807, 2.05) is 0 Å². The van der Waals surface area contributed by atoms with Crippen molar-refractivity contribution in [2.75, 3.05) is 25.0 Å². The quantitative estimate of drug-likeness (QED) is 0.254. The Morgan fingerprint density at radius 2 is 1.82 bits per heavy atom. The number of carboxylic acid groups (broad SMARTS) is 1. The van der Waals surface area contributed by atoms with Crippen LogP contribution in [0.5, 0.6) is 0 Å². The van der Waals surface area contributed by atoms with Crippen molar-refractivity contribution in [3.63, 3.8) is 0 Å². The van der Waals surface area contributed by atoms with Gasteiger partial charge in [0.25, 0.3) is 0 Å². The lowest BCUT2D eigenvalue weighted by molar-refractivity contribution is -0.130. The minimum Gasteiger partial charge on any atom is -0.465 e. The Bertz CT molecular complexity index is 1690. The van der Waals surface area contributed by atoms with Crippen molar-refractivity contribution in [2.24, 2.45) is 0 Å². The molecule has 0 saturated carbocycles. The van der Waals surface area contributed by atoms with Gasteiger partial charge in [0.15, 0.2) is 5.15 Å². The van der Waals surface area contributed by atoms with Crippen LogP contribution in [0.3, 0.4) is 0 Å². The van der Waals surface area contributed by atoms with Crippen LogP contribution in [0.15, 0.2) is 60.9 Å². The highest BCUT2D eigenvalue weighted by atomic mass is 35.5. The van der Waals surface area contributed by atoms with E-state index in [1.54, 1.807) is 59.5 Å². The molecule has 15 heteroatoms. The van der Waals surface area contributed by atoms with Crippen LogP contribution in [0.2, 0.25) is 10.2 Å². The fraction of sp³-hybridized carbons (Fsp3) is 0.241. The Morgan fingerprint density at radius 1 is 1.07 bits per heavy atom. The van der Waals surface area contributed by atoms with Gasteiger partial charge in [0.1, 0.15) is 6.33 Å². The van der Waals surface area contributed by atoms with Gasteiger partial charge in [0.05, 0.1) is 23.8 Å². The van der Waals surface area contributed by atoms with Gasteiger partial charge in [-0.15, -0.1) is 15.3 Å². The lowest BCUT2D eigenvalue weighted by atomic mass is 10.0. The number of benzene rings is 2. The number of anilines is 1. The van der Waals surface area contributed by atoms with Gasteiger partial charge < -0.3 is 15.3 Å². The number of likely N-dealkylation sites (tertiary alicyclic amines) is 1. The second kappa shape index (κ2) is 13.6. The number of hydrogen-bond donors (Lipinski definition) is 2. The number of hydrogen-bond acceptors (Lipinski definition) is 8. The summed E-state index contributed by atoms with van der Waals surface area (Å²) in [5.41, 5.74) is 3.16. The lowest BCUT2D eigenvalue weighted by Crippen LogP contribution is -2.35. The summed E-state index contributed by atoms with van der Waals surface area (Å²) in [4.78, 5) is 40.6. The number of rotatable bonds is 9. The number of tetrazole rings is 1. The van der Waals surface area contributed by atoms with E-state index in [0.29, 0.717) is 51.9 Å². The van der Waals surface area contributed by atoms with Gasteiger partial charge in [0, 0.05) is 53.6 Å². The summed E-state index contributed by atoms with van der Waals surface area (Å²) in [5, 5.41) is 32.2. The zero-order valence-corrected chi connectivity index (χ0v) is 25.0. The van der Waals surface area contributed by atoms with Crippen molar-refractivity contribution < 1.29 is 19.5 Å². The molecular weight excluding hydrogens is 609 g/mol. The third kappa shape index (κ3) is 7.18. The number of nitrogens with zero attached hydrogens (tertiary/aromatic N) is 8. The highest BCUT2D eigenvalue weighted by Gasteiger charge is 2.26. The maximum absolute atomic E-state index is 13.3. The zero-order chi connectivity index (χ0) is 31.2. The van der Waals surface area contributed by atoms with Crippen molar-refractivity contribution in [1.82, 2.24) is 40.6 Å². The summed E-state index contributed by atoms with van der Waals surface area (Å²) in [6.07, 6.45) is 5.03. The summed E-state index contributed by atoms with van der Waals surface area (Å²) >= 11 is 12.7. The molecule has 2 aromatic heterocycles. The SMILES string of the molecule is CN(C(=O)O)c1ccc(-c2cc([C@H](CC(=O)N3CCCC3)NC(=O)C=Cc3cc(Cl)ccc3-n3cnnn3)c(Cl)nn2)cc1. The largest absolute Gasteiger partial charge is 0.465 e. The highest BCUT2D eigenvalue weighted by Crippen LogP contribution is 2.30. The summed E-state index contributed by atoms with van der Waals surface area (Å²) in [6.45, 7) is 1.30. The molecule has 226 valence electrons. The van der Waals surface area contributed by atoms with E-state index in [1.165, 1.54) is 24.1 Å². The Labute approximate surface area is 262 Å². The summed E-state index contributed by atoms with van der Waals surface area (Å²) < 4.78 is 1.45. The number of carbonyl (C=O) groups excluding carboxylic acids is 2. The van der Waals surface area contributed by atoms with Crippen molar-refractivity contribution in [3.8, 4) is 16.9 Å². The molecule has 1 fully saturated rings. The van der Waals surface area contributed by atoms with Crippen LogP contribution in [0.1, 0.15) is 36.4 Å². The van der Waals surface area contributed by atoms with E-state index in [4.69, 9.17) is 23.2 Å². The fourth-order valence-electron chi connectivity index (χ4n) is 4.78. The van der Waals surface area contributed by atoms with Crippen molar-refractivity contribution in [1.29, 1.82) is 0 Å². The van der Waals surface area contributed by atoms with E-state index in [0.717, 1.165) is 17.7 Å². The molecule has 5 rings (SSSR count). The molecule has 1 aliphatic rings. The molecule has 0 radical (unpaired) electrons. The number of carbonyl (C=O) groups is 3. The minimum absolute atomic E-state index is 0.0373. The van der Waals surface area contributed by atoms with Gasteiger partial charge in [-0.1, -0.05) is 35.3 Å². The Kier molecular flexibility index (Phi) is 9.46. The van der Waals surface area contributed by atoms with E-state index < -0.39 is 18.0 Å². The second-order valence-electron chi connectivity index (χ2n) is 10.0. The Balaban J connectivity index is 1.43. The predicted molar refractivity (Wildman–Crippen MR) is 163 cm³/mol. The third-order valence-corrected chi connectivity index (χ3v) is 7.67. The highest BCUT2D eigenvalue weighted by molar-refractivity contribution is 6.31. The zero-order valence-electron chi connectivity index (χ0n) is 23.5. The van der Waals surface area contributed by atoms with E-state index in [-0.39, 0.29) is 17.5 Å². The van der Waals surface area contributed by atoms with Crippen molar-refractivity contribution in [3.05, 3.63) is 82.2 Å². The molecule has 2 N–H and O–H groups in total. The Morgan fingerprint density at radius 3 is 2.50 bits per heavy atom. The molecule has 1 saturated heterocycles. The molecule has 0 unspecified atom stereocenters.